The average molecular weight is 514 g/mol. The fourth-order valence-corrected chi connectivity index (χ4v) is 3.49. The topological polar surface area (TPSA) is 170 Å². The number of hydrogen-bond donors (Lipinski definition) is 3. The van der Waals surface area contributed by atoms with Crippen LogP contribution in [0.25, 0.3) is 11.2 Å². The summed E-state index contributed by atoms with van der Waals surface area (Å²) >= 11 is 5.86. The van der Waals surface area contributed by atoms with E-state index in [9.17, 15) is 24.8 Å². The molecule has 4 aromatic rings. The molecule has 2 heterocycles. The number of nitrogens with one attached hydrogen (secondary N) is 2. The third-order valence-corrected chi connectivity index (χ3v) is 5.37. The van der Waals surface area contributed by atoms with Gasteiger partial charge in [-0.15, -0.1) is 0 Å². The Labute approximate surface area is 207 Å². The van der Waals surface area contributed by atoms with Gasteiger partial charge in [0.2, 0.25) is 5.95 Å². The van der Waals surface area contributed by atoms with Crippen molar-refractivity contribution >= 4 is 40.6 Å². The van der Waals surface area contributed by atoms with Gasteiger partial charge in [-0.2, -0.15) is 10.1 Å². The second-order valence-electron chi connectivity index (χ2n) is 7.68. The summed E-state index contributed by atoms with van der Waals surface area (Å²) in [4.78, 5) is 41.6. The van der Waals surface area contributed by atoms with E-state index in [0.717, 1.165) is 4.57 Å². The maximum Gasteiger partial charge on any atom is 0.329 e. The van der Waals surface area contributed by atoms with Gasteiger partial charge in [0.15, 0.2) is 11.2 Å². The van der Waals surface area contributed by atoms with Crippen molar-refractivity contribution in [2.45, 2.75) is 12.6 Å². The quantitative estimate of drug-likeness (QED) is 0.173. The number of benzene rings is 2. The van der Waals surface area contributed by atoms with Gasteiger partial charge in [0.25, 0.3) is 11.2 Å². The maximum absolute atomic E-state index is 12.6. The molecule has 0 aliphatic rings. The van der Waals surface area contributed by atoms with Crippen molar-refractivity contribution in [3.05, 3.63) is 90.1 Å². The molecule has 0 saturated carbocycles. The number of aromatic amines is 1. The van der Waals surface area contributed by atoms with Crippen LogP contribution in [0.2, 0.25) is 5.02 Å². The normalized spacial score (nSPS) is 12.2. The van der Waals surface area contributed by atoms with E-state index >= 15 is 0 Å². The standard InChI is InChI=1S/C22H20ClN7O6/c1-28-19-18(20(32)26-22(28)33)29(11-16(31)12-36-17-7-5-14(23)6-8-17)21(25-19)27-24-10-13-3-2-4-15(9-13)30(34)35/h2-10,16,31H,11-12H2,1H3,(H,25,27)(H,26,32,33)/b24-10-/t16-/m0/s1. The highest BCUT2D eigenvalue weighted by molar-refractivity contribution is 6.30. The van der Waals surface area contributed by atoms with Crippen molar-refractivity contribution in [1.82, 2.24) is 19.1 Å². The number of fused-ring (bicyclic) bond motifs is 1. The Morgan fingerprint density at radius 2 is 2.06 bits per heavy atom. The predicted octanol–water partition coefficient (Wildman–Crippen LogP) is 1.87. The van der Waals surface area contributed by atoms with Crippen LogP contribution >= 0.6 is 11.6 Å². The monoisotopic (exact) mass is 513 g/mol. The molecule has 0 bridgehead atoms. The molecule has 186 valence electrons. The highest BCUT2D eigenvalue weighted by Crippen LogP contribution is 2.18. The number of aliphatic hydroxyl groups excluding tert-OH is 1. The van der Waals surface area contributed by atoms with E-state index in [1.807, 2.05) is 0 Å². The van der Waals surface area contributed by atoms with Crippen LogP contribution in [0.4, 0.5) is 11.6 Å². The molecule has 13 nitrogen and oxygen atoms in total. The van der Waals surface area contributed by atoms with Crippen molar-refractivity contribution in [1.29, 1.82) is 0 Å². The van der Waals surface area contributed by atoms with E-state index in [1.165, 1.54) is 36.0 Å². The number of nitrogens with zero attached hydrogens (tertiary/aromatic N) is 5. The second-order valence-corrected chi connectivity index (χ2v) is 8.11. The van der Waals surface area contributed by atoms with Crippen LogP contribution < -0.4 is 21.4 Å². The Bertz CT molecular complexity index is 1560. The first-order valence-electron chi connectivity index (χ1n) is 10.5. The summed E-state index contributed by atoms with van der Waals surface area (Å²) in [5.41, 5.74) is 1.78. The Morgan fingerprint density at radius 3 is 2.78 bits per heavy atom. The van der Waals surface area contributed by atoms with Gasteiger partial charge < -0.3 is 14.4 Å². The minimum Gasteiger partial charge on any atom is -0.491 e. The van der Waals surface area contributed by atoms with Gasteiger partial charge in [-0.25, -0.2) is 10.2 Å². The molecule has 0 fully saturated rings. The molecular formula is C22H20ClN7O6. The van der Waals surface area contributed by atoms with Crippen molar-refractivity contribution < 1.29 is 14.8 Å². The lowest BCUT2D eigenvalue weighted by Crippen LogP contribution is -2.30. The Balaban J connectivity index is 1.61. The summed E-state index contributed by atoms with van der Waals surface area (Å²) < 4.78 is 8.10. The van der Waals surface area contributed by atoms with Crippen LogP contribution in [-0.4, -0.2) is 48.1 Å². The first-order chi connectivity index (χ1) is 17.2. The van der Waals surface area contributed by atoms with E-state index < -0.39 is 22.3 Å². The Hall–Kier alpha value is -4.49. The van der Waals surface area contributed by atoms with Gasteiger partial charge in [-0.1, -0.05) is 23.7 Å². The number of imidazole rings is 1. The van der Waals surface area contributed by atoms with Crippen molar-refractivity contribution in [2.24, 2.45) is 12.1 Å². The van der Waals surface area contributed by atoms with Crippen LogP contribution in [-0.2, 0) is 13.6 Å². The van der Waals surface area contributed by atoms with Crippen LogP contribution in [0.3, 0.4) is 0 Å². The fourth-order valence-electron chi connectivity index (χ4n) is 3.37. The first kappa shape index (κ1) is 24.6. The molecule has 0 aliphatic heterocycles. The molecule has 0 spiro atoms. The summed E-state index contributed by atoms with van der Waals surface area (Å²) in [5, 5.41) is 26.2. The Morgan fingerprint density at radius 1 is 1.31 bits per heavy atom. The zero-order chi connectivity index (χ0) is 25.8. The van der Waals surface area contributed by atoms with E-state index in [-0.39, 0.29) is 36.0 Å². The molecular weight excluding hydrogens is 494 g/mol. The van der Waals surface area contributed by atoms with Gasteiger partial charge in [0.05, 0.1) is 17.7 Å². The minimum absolute atomic E-state index is 0.0377. The number of aliphatic hydroxyl groups is 1. The number of aryl methyl sites for hydroxylation is 1. The molecule has 1 atom stereocenters. The zero-order valence-electron chi connectivity index (χ0n) is 18.8. The van der Waals surface area contributed by atoms with E-state index in [4.69, 9.17) is 16.3 Å². The maximum atomic E-state index is 12.6. The Kier molecular flexibility index (Phi) is 7.12. The van der Waals surface area contributed by atoms with Gasteiger partial charge in [0, 0.05) is 29.8 Å². The number of H-pyrrole nitrogens is 1. The molecule has 0 aliphatic carbocycles. The number of hydrogen-bond acceptors (Lipinski definition) is 9. The average Bonchev–Trinajstić information content (AvgIpc) is 3.21. The fraction of sp³-hybridized carbons (Fsp3) is 0.182. The number of halogens is 1. The number of non-ortho nitro benzene ring substituents is 1. The second kappa shape index (κ2) is 10.4. The number of ether oxygens (including phenoxy) is 1. The molecule has 36 heavy (non-hydrogen) atoms. The molecule has 2 aromatic heterocycles. The zero-order valence-corrected chi connectivity index (χ0v) is 19.5. The predicted molar refractivity (Wildman–Crippen MR) is 133 cm³/mol. The highest BCUT2D eigenvalue weighted by Gasteiger charge is 2.20. The van der Waals surface area contributed by atoms with E-state index in [0.29, 0.717) is 16.3 Å². The summed E-state index contributed by atoms with van der Waals surface area (Å²) in [6, 6.07) is 12.4. The van der Waals surface area contributed by atoms with E-state index in [2.05, 4.69) is 20.5 Å². The number of rotatable bonds is 9. The van der Waals surface area contributed by atoms with Gasteiger partial charge >= 0.3 is 5.69 Å². The largest absolute Gasteiger partial charge is 0.491 e. The number of nitro benzene ring substituents is 1. The molecule has 14 heteroatoms. The molecule has 4 rings (SSSR count). The van der Waals surface area contributed by atoms with Crippen molar-refractivity contribution in [3.63, 3.8) is 0 Å². The third kappa shape index (κ3) is 5.42. The lowest BCUT2D eigenvalue weighted by atomic mass is 10.2. The summed E-state index contributed by atoms with van der Waals surface area (Å²) in [6.45, 7) is -0.235. The van der Waals surface area contributed by atoms with Crippen LogP contribution in [0.15, 0.2) is 63.2 Å². The molecule has 0 amide bonds. The van der Waals surface area contributed by atoms with Gasteiger partial charge in [0.1, 0.15) is 18.5 Å². The number of nitro groups is 1. The highest BCUT2D eigenvalue weighted by atomic mass is 35.5. The lowest BCUT2D eigenvalue weighted by Gasteiger charge is -2.15. The first-order valence-corrected chi connectivity index (χ1v) is 10.9. The number of aromatic nitrogens is 4. The summed E-state index contributed by atoms with van der Waals surface area (Å²) in [6.07, 6.45) is 0.260. The van der Waals surface area contributed by atoms with Crippen LogP contribution in [0.1, 0.15) is 5.56 Å². The van der Waals surface area contributed by atoms with Gasteiger partial charge in [-0.05, 0) is 24.3 Å². The minimum atomic E-state index is -1.07. The molecule has 2 aromatic carbocycles. The van der Waals surface area contributed by atoms with Crippen LogP contribution in [0.5, 0.6) is 5.75 Å². The number of anilines is 1. The van der Waals surface area contributed by atoms with E-state index in [1.54, 1.807) is 30.3 Å². The molecule has 0 saturated heterocycles. The molecule has 3 N–H and O–H groups in total. The third-order valence-electron chi connectivity index (χ3n) is 5.12. The molecule has 0 unspecified atom stereocenters. The smallest absolute Gasteiger partial charge is 0.329 e. The van der Waals surface area contributed by atoms with Crippen molar-refractivity contribution in [2.75, 3.05) is 12.0 Å². The van der Waals surface area contributed by atoms with Gasteiger partial charge in [-0.3, -0.25) is 24.5 Å². The summed E-state index contributed by atoms with van der Waals surface area (Å²) in [5.74, 6) is 0.554. The molecule has 0 radical (unpaired) electrons. The SMILES string of the molecule is Cn1c(=O)[nH]c(=O)c2c1nc(N/N=C\c1cccc([N+](=O)[O-])c1)n2C[C@H](O)COc1ccc(Cl)cc1. The number of hydrazone groups is 1. The lowest BCUT2D eigenvalue weighted by molar-refractivity contribution is -0.384. The van der Waals surface area contributed by atoms with Crippen molar-refractivity contribution in [3.8, 4) is 5.75 Å². The summed E-state index contributed by atoms with van der Waals surface area (Å²) in [7, 11) is 1.44. The van der Waals surface area contributed by atoms with Crippen LogP contribution in [0, 0.1) is 10.1 Å².